The summed E-state index contributed by atoms with van der Waals surface area (Å²) in [6.45, 7) is 0. The smallest absolute Gasteiger partial charge is 0.171 e. The molecule has 0 bridgehead atoms. The van der Waals surface area contributed by atoms with Crippen molar-refractivity contribution in [1.29, 1.82) is 0 Å². The number of rotatable bonds is 2. The summed E-state index contributed by atoms with van der Waals surface area (Å²) in [7, 11) is 0. The Morgan fingerprint density at radius 1 is 1.20 bits per heavy atom. The molecule has 0 spiro atoms. The van der Waals surface area contributed by atoms with E-state index in [1.807, 2.05) is 24.3 Å². The minimum Gasteiger partial charge on any atom is -0.338 e. The zero-order valence-electron chi connectivity index (χ0n) is 7.61. The number of benzene rings is 1. The minimum atomic E-state index is 0.372. The molecule has 0 aliphatic heterocycles. The van der Waals surface area contributed by atoms with E-state index in [1.165, 1.54) is 0 Å². The van der Waals surface area contributed by atoms with E-state index in [1.54, 1.807) is 12.4 Å². The Balaban J connectivity index is 2.26. The summed E-state index contributed by atoms with van der Waals surface area (Å²) < 4.78 is 1.15. The van der Waals surface area contributed by atoms with Crippen LogP contribution >= 0.6 is 34.2 Å². The van der Waals surface area contributed by atoms with E-state index in [-0.39, 0.29) is 0 Å². The van der Waals surface area contributed by atoms with E-state index < -0.39 is 0 Å². The lowest BCUT2D eigenvalue weighted by atomic mass is 10.3. The minimum absolute atomic E-state index is 0.372. The van der Waals surface area contributed by atoms with Crippen molar-refractivity contribution in [1.82, 2.24) is 9.97 Å². The molecule has 1 aromatic heterocycles. The van der Waals surface area contributed by atoms with E-state index in [0.29, 0.717) is 11.0 Å². The molecule has 2 aromatic rings. The zero-order valence-corrected chi connectivity index (χ0v) is 10.5. The molecule has 0 aliphatic carbocycles. The van der Waals surface area contributed by atoms with Gasteiger partial charge in [-0.05, 0) is 40.8 Å². The van der Waals surface area contributed by atoms with E-state index in [9.17, 15) is 0 Å². The summed E-state index contributed by atoms with van der Waals surface area (Å²) >= 11 is 8.12. The van der Waals surface area contributed by atoms with Crippen LogP contribution in [0.4, 0.5) is 11.5 Å². The first-order chi connectivity index (χ1) is 7.25. The molecule has 0 atom stereocenters. The van der Waals surface area contributed by atoms with Gasteiger partial charge in [-0.25, -0.2) is 9.97 Å². The Labute approximate surface area is 106 Å². The highest BCUT2D eigenvalue weighted by Crippen LogP contribution is 2.21. The Bertz CT molecular complexity index is 476. The second kappa shape index (κ2) is 4.76. The number of halogens is 2. The van der Waals surface area contributed by atoms with Crippen LogP contribution in [-0.4, -0.2) is 9.97 Å². The third-order valence-electron chi connectivity index (χ3n) is 1.74. The highest BCUT2D eigenvalue weighted by molar-refractivity contribution is 14.1. The van der Waals surface area contributed by atoms with Gasteiger partial charge in [0, 0.05) is 21.7 Å². The quantitative estimate of drug-likeness (QED) is 0.856. The van der Waals surface area contributed by atoms with E-state index in [2.05, 4.69) is 37.9 Å². The highest BCUT2D eigenvalue weighted by atomic mass is 127. The van der Waals surface area contributed by atoms with Gasteiger partial charge in [-0.1, -0.05) is 17.7 Å². The second-order valence-electron chi connectivity index (χ2n) is 2.83. The molecule has 1 N–H and O–H groups in total. The van der Waals surface area contributed by atoms with Gasteiger partial charge >= 0.3 is 0 Å². The Morgan fingerprint density at radius 2 is 2.00 bits per heavy atom. The SMILES string of the molecule is Clc1nccnc1Nc1cccc(I)c1. The van der Waals surface area contributed by atoms with Crippen LogP contribution in [0, 0.1) is 3.57 Å². The molecule has 0 aliphatic rings. The molecule has 1 aromatic carbocycles. The summed E-state index contributed by atoms with van der Waals surface area (Å²) in [5.41, 5.74) is 0.948. The molecule has 0 amide bonds. The average Bonchev–Trinajstić information content (AvgIpc) is 2.22. The number of anilines is 2. The average molecular weight is 332 g/mol. The molecule has 3 nitrogen and oxygen atoms in total. The standard InChI is InChI=1S/C10H7ClIN3/c11-9-10(14-5-4-13-9)15-8-3-1-2-7(12)6-8/h1-6H,(H,14,15). The van der Waals surface area contributed by atoms with Crippen LogP contribution in [0.2, 0.25) is 5.15 Å². The van der Waals surface area contributed by atoms with Crippen molar-refractivity contribution < 1.29 is 0 Å². The molecule has 0 saturated heterocycles. The summed E-state index contributed by atoms with van der Waals surface area (Å²) in [6, 6.07) is 7.94. The summed E-state index contributed by atoms with van der Waals surface area (Å²) in [4.78, 5) is 8.03. The fourth-order valence-electron chi connectivity index (χ4n) is 1.11. The van der Waals surface area contributed by atoms with Gasteiger partial charge in [0.15, 0.2) is 11.0 Å². The van der Waals surface area contributed by atoms with Crippen molar-refractivity contribution in [2.45, 2.75) is 0 Å². The summed E-state index contributed by atoms with van der Waals surface area (Å²) in [6.07, 6.45) is 3.16. The fourth-order valence-corrected chi connectivity index (χ4v) is 1.80. The maximum absolute atomic E-state index is 5.88. The van der Waals surface area contributed by atoms with Crippen LogP contribution in [0.3, 0.4) is 0 Å². The van der Waals surface area contributed by atoms with Crippen molar-refractivity contribution >= 4 is 45.7 Å². The maximum atomic E-state index is 5.88. The van der Waals surface area contributed by atoms with Crippen LogP contribution in [0.5, 0.6) is 0 Å². The summed E-state index contributed by atoms with van der Waals surface area (Å²) in [5.74, 6) is 0.571. The lowest BCUT2D eigenvalue weighted by molar-refractivity contribution is 1.20. The van der Waals surface area contributed by atoms with Crippen molar-refractivity contribution in [2.75, 3.05) is 5.32 Å². The third-order valence-corrected chi connectivity index (χ3v) is 2.69. The van der Waals surface area contributed by atoms with Gasteiger partial charge in [-0.2, -0.15) is 0 Å². The van der Waals surface area contributed by atoms with Crippen LogP contribution in [0.1, 0.15) is 0 Å². The fraction of sp³-hybridized carbons (Fsp3) is 0. The van der Waals surface area contributed by atoms with Crippen molar-refractivity contribution in [3.8, 4) is 0 Å². The number of nitrogens with zero attached hydrogens (tertiary/aromatic N) is 2. The summed E-state index contributed by atoms with van der Waals surface area (Å²) in [5, 5.41) is 3.47. The lowest BCUT2D eigenvalue weighted by Crippen LogP contribution is -1.95. The molecule has 1 heterocycles. The number of hydrogen-bond donors (Lipinski definition) is 1. The normalized spacial score (nSPS) is 10.0. The Morgan fingerprint density at radius 3 is 2.73 bits per heavy atom. The molecule has 15 heavy (non-hydrogen) atoms. The largest absolute Gasteiger partial charge is 0.338 e. The van der Waals surface area contributed by atoms with Crippen molar-refractivity contribution in [3.05, 3.63) is 45.4 Å². The van der Waals surface area contributed by atoms with Crippen LogP contribution in [0.25, 0.3) is 0 Å². The first-order valence-electron chi connectivity index (χ1n) is 4.25. The van der Waals surface area contributed by atoms with Gasteiger partial charge in [-0.3, -0.25) is 0 Å². The molecular formula is C10H7ClIN3. The molecule has 0 radical (unpaired) electrons. The van der Waals surface area contributed by atoms with Crippen molar-refractivity contribution in [2.24, 2.45) is 0 Å². The third kappa shape index (κ3) is 2.79. The maximum Gasteiger partial charge on any atom is 0.171 e. The lowest BCUT2D eigenvalue weighted by Gasteiger charge is -2.06. The molecule has 76 valence electrons. The van der Waals surface area contributed by atoms with Crippen LogP contribution in [0.15, 0.2) is 36.7 Å². The van der Waals surface area contributed by atoms with Gasteiger partial charge < -0.3 is 5.32 Å². The Hall–Kier alpha value is -0.880. The second-order valence-corrected chi connectivity index (χ2v) is 4.43. The van der Waals surface area contributed by atoms with Gasteiger partial charge in [0.2, 0.25) is 0 Å². The molecule has 5 heteroatoms. The molecular weight excluding hydrogens is 324 g/mol. The number of nitrogens with one attached hydrogen (secondary N) is 1. The highest BCUT2D eigenvalue weighted by Gasteiger charge is 2.01. The Kier molecular flexibility index (Phi) is 3.37. The van der Waals surface area contributed by atoms with E-state index in [4.69, 9.17) is 11.6 Å². The predicted molar refractivity (Wildman–Crippen MR) is 69.5 cm³/mol. The van der Waals surface area contributed by atoms with E-state index in [0.717, 1.165) is 9.26 Å². The number of hydrogen-bond acceptors (Lipinski definition) is 3. The number of aromatic nitrogens is 2. The van der Waals surface area contributed by atoms with Crippen LogP contribution in [-0.2, 0) is 0 Å². The molecule has 0 fully saturated rings. The molecule has 0 saturated carbocycles. The predicted octanol–water partition coefficient (Wildman–Crippen LogP) is 3.48. The monoisotopic (exact) mass is 331 g/mol. The molecule has 0 unspecified atom stereocenters. The van der Waals surface area contributed by atoms with Gasteiger partial charge in [-0.15, -0.1) is 0 Å². The van der Waals surface area contributed by atoms with Gasteiger partial charge in [0.05, 0.1) is 0 Å². The zero-order chi connectivity index (χ0) is 10.7. The molecule has 2 rings (SSSR count). The van der Waals surface area contributed by atoms with E-state index >= 15 is 0 Å². The van der Waals surface area contributed by atoms with Crippen molar-refractivity contribution in [3.63, 3.8) is 0 Å². The first kappa shape index (κ1) is 10.6. The topological polar surface area (TPSA) is 37.8 Å². The van der Waals surface area contributed by atoms with Gasteiger partial charge in [0.1, 0.15) is 0 Å². The van der Waals surface area contributed by atoms with Gasteiger partial charge in [0.25, 0.3) is 0 Å². The van der Waals surface area contributed by atoms with Crippen LogP contribution < -0.4 is 5.32 Å². The first-order valence-corrected chi connectivity index (χ1v) is 5.70.